The number of amides is 1. The van der Waals surface area contributed by atoms with Gasteiger partial charge in [0.05, 0.1) is 39.8 Å². The number of ether oxygens (including phenoxy) is 1. The predicted octanol–water partition coefficient (Wildman–Crippen LogP) is 5.71. The molecule has 11 heteroatoms. The molecule has 1 fully saturated rings. The van der Waals surface area contributed by atoms with Crippen molar-refractivity contribution in [2.45, 2.75) is 6.04 Å². The molecule has 4 aromatic rings. The van der Waals surface area contributed by atoms with E-state index in [2.05, 4.69) is 9.97 Å². The number of H-pyrrole nitrogens is 1. The van der Waals surface area contributed by atoms with Crippen molar-refractivity contribution in [2.24, 2.45) is 0 Å². The second-order valence-corrected chi connectivity index (χ2v) is 9.66. The summed E-state index contributed by atoms with van der Waals surface area (Å²) in [6.45, 7) is 0. The number of aliphatic hydroxyl groups is 1. The quantitative estimate of drug-likeness (QED) is 0.186. The number of ketones is 1. The molecule has 0 radical (unpaired) electrons. The Morgan fingerprint density at radius 3 is 2.34 bits per heavy atom. The third-order valence-corrected chi connectivity index (χ3v) is 6.87. The first-order chi connectivity index (χ1) is 18.1. The topological polar surface area (TPSA) is 98.8 Å². The van der Waals surface area contributed by atoms with Gasteiger partial charge < -0.3 is 19.7 Å². The van der Waals surface area contributed by atoms with Crippen LogP contribution in [0.4, 0.5) is 16.0 Å². The number of nitrogens with one attached hydrogen (secondary N) is 1. The molecule has 3 aromatic carbocycles. The second kappa shape index (κ2) is 9.66. The van der Waals surface area contributed by atoms with E-state index in [-0.39, 0.29) is 32.9 Å². The van der Waals surface area contributed by atoms with Gasteiger partial charge in [0.1, 0.15) is 11.6 Å². The number of hydrogen-bond donors (Lipinski definition) is 2. The summed E-state index contributed by atoms with van der Waals surface area (Å²) < 4.78 is 19.0. The van der Waals surface area contributed by atoms with Gasteiger partial charge in [-0.25, -0.2) is 9.37 Å². The first kappa shape index (κ1) is 25.6. The summed E-state index contributed by atoms with van der Waals surface area (Å²) in [7, 11) is 5.16. The monoisotopic (exact) mass is 554 g/mol. The van der Waals surface area contributed by atoms with Crippen LogP contribution in [0.15, 0.2) is 60.2 Å². The van der Waals surface area contributed by atoms with Crippen molar-refractivity contribution in [2.75, 3.05) is 31.0 Å². The van der Waals surface area contributed by atoms with Crippen molar-refractivity contribution < 1.29 is 23.8 Å². The van der Waals surface area contributed by atoms with E-state index < -0.39 is 29.3 Å². The highest BCUT2D eigenvalue weighted by molar-refractivity contribution is 6.51. The SMILES string of the molecule is COc1c(Cl)cc(/C(O)=C2\C(=O)C(=O)N(c3nc4ccc(F)cc4[nH]3)C2c2ccc(N(C)C)cc2)cc1Cl. The van der Waals surface area contributed by atoms with Crippen LogP contribution in [0.1, 0.15) is 17.2 Å². The van der Waals surface area contributed by atoms with Gasteiger partial charge in [-0.3, -0.25) is 14.5 Å². The molecule has 1 unspecified atom stereocenters. The minimum absolute atomic E-state index is 0.0271. The molecule has 0 bridgehead atoms. The van der Waals surface area contributed by atoms with Crippen LogP contribution in [0.5, 0.6) is 5.75 Å². The van der Waals surface area contributed by atoms with Crippen LogP contribution in [0.2, 0.25) is 10.0 Å². The fourth-order valence-corrected chi connectivity index (χ4v) is 5.09. The normalized spacial score (nSPS) is 16.9. The van der Waals surface area contributed by atoms with E-state index in [4.69, 9.17) is 27.9 Å². The molecule has 1 aromatic heterocycles. The molecule has 1 saturated heterocycles. The van der Waals surface area contributed by atoms with Crippen molar-refractivity contribution in [1.82, 2.24) is 9.97 Å². The standard InChI is InChI=1S/C27H21Cl2FN4O4/c1-33(2)16-7-4-13(5-8-16)22-21(23(35)14-10-17(28)25(38-3)18(29)11-14)24(36)26(37)34(22)27-31-19-9-6-15(30)12-20(19)32-27/h4-12,22,35H,1-3H3,(H,31,32)/b23-21+. The number of rotatable bonds is 5. The molecular formula is C27H21Cl2FN4O4. The molecule has 2 heterocycles. The zero-order valence-electron chi connectivity index (χ0n) is 20.4. The number of halogens is 3. The van der Waals surface area contributed by atoms with Gasteiger partial charge in [-0.1, -0.05) is 35.3 Å². The minimum Gasteiger partial charge on any atom is -0.507 e. The maximum atomic E-state index is 13.8. The molecule has 1 atom stereocenters. The summed E-state index contributed by atoms with van der Waals surface area (Å²) in [5, 5.41) is 11.6. The number of carbonyl (C=O) groups excluding carboxylic acids is 2. The summed E-state index contributed by atoms with van der Waals surface area (Å²) in [6, 6.07) is 12.8. The van der Waals surface area contributed by atoms with Crippen LogP contribution in [-0.4, -0.2) is 48.0 Å². The lowest BCUT2D eigenvalue weighted by molar-refractivity contribution is -0.132. The first-order valence-electron chi connectivity index (χ1n) is 11.4. The van der Waals surface area contributed by atoms with Crippen molar-refractivity contribution in [3.8, 4) is 5.75 Å². The van der Waals surface area contributed by atoms with E-state index in [0.717, 1.165) is 10.6 Å². The minimum atomic E-state index is -1.06. The van der Waals surface area contributed by atoms with Gasteiger partial charge in [-0.15, -0.1) is 0 Å². The number of benzene rings is 3. The van der Waals surface area contributed by atoms with E-state index in [9.17, 15) is 19.1 Å². The van der Waals surface area contributed by atoms with Crippen LogP contribution >= 0.6 is 23.2 Å². The smallest absolute Gasteiger partial charge is 0.302 e. The molecule has 2 N–H and O–H groups in total. The number of Topliss-reactive ketones (excluding diaryl/α,β-unsaturated/α-hetero) is 1. The third kappa shape index (κ3) is 4.23. The number of aromatic nitrogens is 2. The summed E-state index contributed by atoms with van der Waals surface area (Å²) >= 11 is 12.6. The lowest BCUT2D eigenvalue weighted by Gasteiger charge is -2.24. The number of carbonyl (C=O) groups is 2. The Morgan fingerprint density at radius 2 is 1.74 bits per heavy atom. The Hall–Kier alpha value is -4.08. The van der Waals surface area contributed by atoms with Crippen LogP contribution in [-0.2, 0) is 9.59 Å². The van der Waals surface area contributed by atoms with Crippen molar-refractivity contribution in [3.05, 3.63) is 87.2 Å². The zero-order chi connectivity index (χ0) is 27.3. The van der Waals surface area contributed by atoms with Gasteiger partial charge in [-0.2, -0.15) is 0 Å². The first-order valence-corrected chi connectivity index (χ1v) is 12.1. The lowest BCUT2D eigenvalue weighted by Crippen LogP contribution is -2.30. The van der Waals surface area contributed by atoms with Gasteiger partial charge in [-0.05, 0) is 48.0 Å². The molecule has 1 aliphatic heterocycles. The Bertz CT molecular complexity index is 1610. The Morgan fingerprint density at radius 1 is 1.08 bits per heavy atom. The van der Waals surface area contributed by atoms with Crippen molar-refractivity contribution >= 4 is 63.3 Å². The average molecular weight is 555 g/mol. The van der Waals surface area contributed by atoms with Crippen LogP contribution in [0.3, 0.4) is 0 Å². The summed E-state index contributed by atoms with van der Waals surface area (Å²) in [6.07, 6.45) is 0. The van der Waals surface area contributed by atoms with E-state index >= 15 is 0 Å². The molecule has 194 valence electrons. The molecule has 0 spiro atoms. The molecule has 8 nitrogen and oxygen atoms in total. The fraction of sp³-hybridized carbons (Fsp3) is 0.148. The Balaban J connectivity index is 1.73. The molecular weight excluding hydrogens is 534 g/mol. The number of aromatic amines is 1. The Kier molecular flexibility index (Phi) is 6.50. The van der Waals surface area contributed by atoms with Gasteiger partial charge in [0, 0.05) is 25.3 Å². The highest BCUT2D eigenvalue weighted by Crippen LogP contribution is 2.43. The van der Waals surface area contributed by atoms with Crippen molar-refractivity contribution in [3.63, 3.8) is 0 Å². The van der Waals surface area contributed by atoms with Crippen molar-refractivity contribution in [1.29, 1.82) is 0 Å². The fourth-order valence-electron chi connectivity index (χ4n) is 4.45. The average Bonchev–Trinajstić information content (AvgIpc) is 3.41. The lowest BCUT2D eigenvalue weighted by atomic mass is 9.95. The highest BCUT2D eigenvalue weighted by atomic mass is 35.5. The maximum Gasteiger partial charge on any atom is 0.302 e. The number of aliphatic hydroxyl groups excluding tert-OH is 1. The summed E-state index contributed by atoms with van der Waals surface area (Å²) in [5.41, 5.74) is 2.11. The van der Waals surface area contributed by atoms with E-state index in [1.54, 1.807) is 12.1 Å². The van der Waals surface area contributed by atoms with E-state index in [0.29, 0.717) is 16.6 Å². The number of imidazole rings is 1. The number of fused-ring (bicyclic) bond motifs is 1. The second-order valence-electron chi connectivity index (χ2n) is 8.85. The third-order valence-electron chi connectivity index (χ3n) is 6.31. The molecule has 1 aliphatic rings. The molecule has 0 aliphatic carbocycles. The van der Waals surface area contributed by atoms with E-state index in [1.165, 1.54) is 37.4 Å². The molecule has 5 rings (SSSR count). The number of methoxy groups -OCH3 is 1. The van der Waals surface area contributed by atoms with Gasteiger partial charge >= 0.3 is 5.91 Å². The summed E-state index contributed by atoms with van der Waals surface area (Å²) in [5.74, 6) is -2.58. The number of nitrogens with zero attached hydrogens (tertiary/aromatic N) is 3. The predicted molar refractivity (Wildman–Crippen MR) is 145 cm³/mol. The molecule has 38 heavy (non-hydrogen) atoms. The van der Waals surface area contributed by atoms with Crippen LogP contribution in [0.25, 0.3) is 16.8 Å². The largest absolute Gasteiger partial charge is 0.507 e. The highest BCUT2D eigenvalue weighted by Gasteiger charge is 2.48. The van der Waals surface area contributed by atoms with Crippen LogP contribution < -0.4 is 14.5 Å². The maximum absolute atomic E-state index is 13.8. The molecule has 0 saturated carbocycles. The zero-order valence-corrected chi connectivity index (χ0v) is 21.9. The summed E-state index contributed by atoms with van der Waals surface area (Å²) in [4.78, 5) is 37.2. The Labute approximate surface area is 226 Å². The van der Waals surface area contributed by atoms with Gasteiger partial charge in [0.2, 0.25) is 5.95 Å². The van der Waals surface area contributed by atoms with Gasteiger partial charge in [0.25, 0.3) is 5.78 Å². The number of anilines is 2. The van der Waals surface area contributed by atoms with Crippen LogP contribution in [0, 0.1) is 5.82 Å². The van der Waals surface area contributed by atoms with Gasteiger partial charge in [0.15, 0.2) is 5.75 Å². The molecule has 1 amide bonds. The number of hydrogen-bond acceptors (Lipinski definition) is 6. The van der Waals surface area contributed by atoms with E-state index in [1.807, 2.05) is 31.1 Å².